The van der Waals surface area contributed by atoms with E-state index in [0.717, 1.165) is 81.7 Å². The molecule has 0 radical (unpaired) electrons. The monoisotopic (exact) mass is 428 g/mol. The number of nitrogens with two attached hydrogens (primary N) is 1. The van der Waals surface area contributed by atoms with Crippen LogP contribution in [0, 0.1) is 0 Å². The van der Waals surface area contributed by atoms with Crippen LogP contribution in [-0.2, 0) is 4.79 Å². The Morgan fingerprint density at radius 2 is 1.87 bits per heavy atom. The minimum atomic E-state index is -0.334. The maximum absolute atomic E-state index is 12.3. The van der Waals surface area contributed by atoms with Crippen molar-refractivity contribution in [1.29, 1.82) is 0 Å². The van der Waals surface area contributed by atoms with Crippen LogP contribution in [0.1, 0.15) is 19.3 Å². The number of amides is 1. The summed E-state index contributed by atoms with van der Waals surface area (Å²) in [5.41, 5.74) is 7.22. The van der Waals surface area contributed by atoms with Crippen molar-refractivity contribution in [1.82, 2.24) is 19.6 Å². The van der Waals surface area contributed by atoms with Crippen molar-refractivity contribution in [3.63, 3.8) is 0 Å². The Morgan fingerprint density at radius 1 is 1.07 bits per heavy atom. The quantitative estimate of drug-likeness (QED) is 0.649. The van der Waals surface area contributed by atoms with Crippen LogP contribution in [-0.4, -0.2) is 82.4 Å². The molecule has 0 saturated carbocycles. The van der Waals surface area contributed by atoms with Crippen LogP contribution in [0.15, 0.2) is 42.6 Å². The van der Waals surface area contributed by atoms with E-state index >= 15 is 0 Å². The summed E-state index contributed by atoms with van der Waals surface area (Å²) in [4.78, 5) is 19.1. The average molecular weight is 429 g/mol. The number of anilines is 1. The van der Waals surface area contributed by atoms with Gasteiger partial charge < -0.3 is 15.5 Å². The van der Waals surface area contributed by atoms with Crippen LogP contribution < -0.4 is 10.6 Å². The second-order valence-corrected chi connectivity index (χ2v) is 9.08. The van der Waals surface area contributed by atoms with Gasteiger partial charge in [-0.3, -0.25) is 9.69 Å². The molecule has 2 saturated heterocycles. The van der Waals surface area contributed by atoms with Gasteiger partial charge in [0, 0.05) is 44.5 Å². The van der Waals surface area contributed by atoms with Crippen LogP contribution in [0.25, 0.3) is 5.69 Å². The van der Waals surface area contributed by atoms with Gasteiger partial charge in [-0.15, -0.1) is 11.8 Å². The average Bonchev–Trinajstić information content (AvgIpc) is 3.49. The van der Waals surface area contributed by atoms with Crippen molar-refractivity contribution in [2.45, 2.75) is 25.3 Å². The molecule has 2 fully saturated rings. The van der Waals surface area contributed by atoms with Gasteiger partial charge in [-0.2, -0.15) is 5.10 Å². The molecule has 0 aliphatic carbocycles. The topological polar surface area (TPSA) is 70.6 Å². The van der Waals surface area contributed by atoms with Crippen molar-refractivity contribution >= 4 is 23.5 Å². The molecule has 1 amide bonds. The van der Waals surface area contributed by atoms with Gasteiger partial charge in [0.2, 0.25) is 5.91 Å². The normalized spacial score (nSPS) is 18.7. The number of aromatic nitrogens is 2. The second kappa shape index (κ2) is 10.3. The van der Waals surface area contributed by atoms with Crippen molar-refractivity contribution in [3.8, 4) is 5.69 Å². The number of piperazine rings is 1. The van der Waals surface area contributed by atoms with Gasteiger partial charge in [0.15, 0.2) is 0 Å². The van der Waals surface area contributed by atoms with Gasteiger partial charge in [0.25, 0.3) is 0 Å². The van der Waals surface area contributed by atoms with Crippen molar-refractivity contribution in [3.05, 3.63) is 42.6 Å². The number of carbonyl (C=O) groups excluding carboxylic acids is 1. The van der Waals surface area contributed by atoms with Crippen molar-refractivity contribution < 1.29 is 4.79 Å². The number of rotatable bonds is 8. The summed E-state index contributed by atoms with van der Waals surface area (Å²) in [5.74, 6) is 3.13. The Balaban J connectivity index is 1.18. The number of nitrogens with zero attached hydrogens (tertiary/aromatic N) is 5. The maximum atomic E-state index is 12.3. The summed E-state index contributed by atoms with van der Waals surface area (Å²) < 4.78 is 2.02. The third kappa shape index (κ3) is 5.17. The van der Waals surface area contributed by atoms with E-state index in [1.165, 1.54) is 0 Å². The van der Waals surface area contributed by atoms with Gasteiger partial charge in [-0.1, -0.05) is 24.6 Å². The molecule has 7 nitrogen and oxygen atoms in total. The largest absolute Gasteiger partial charge is 0.354 e. The Bertz CT molecular complexity index is 799. The zero-order valence-corrected chi connectivity index (χ0v) is 18.3. The summed E-state index contributed by atoms with van der Waals surface area (Å²) in [6, 6.07) is 12.1. The van der Waals surface area contributed by atoms with Crippen LogP contribution in [0.3, 0.4) is 0 Å². The van der Waals surface area contributed by atoms with Crippen LogP contribution in [0.5, 0.6) is 0 Å². The molecule has 30 heavy (non-hydrogen) atoms. The van der Waals surface area contributed by atoms with E-state index in [1.54, 1.807) is 0 Å². The number of thioether (sulfide) groups is 1. The van der Waals surface area contributed by atoms with Crippen molar-refractivity contribution in [2.24, 2.45) is 5.73 Å². The molecule has 1 atom stereocenters. The van der Waals surface area contributed by atoms with E-state index < -0.39 is 0 Å². The van der Waals surface area contributed by atoms with Crippen LogP contribution >= 0.6 is 11.8 Å². The number of hydrogen-bond acceptors (Lipinski definition) is 6. The van der Waals surface area contributed by atoms with Gasteiger partial charge in [-0.05, 0) is 31.5 Å². The Morgan fingerprint density at radius 3 is 2.60 bits per heavy atom. The lowest BCUT2D eigenvalue weighted by atomic mass is 10.1. The van der Waals surface area contributed by atoms with Crippen molar-refractivity contribution in [2.75, 3.05) is 55.8 Å². The number of unbranched alkanes of at least 4 members (excludes halogenated alkanes) is 1. The molecule has 1 aromatic carbocycles. The van der Waals surface area contributed by atoms with E-state index in [9.17, 15) is 4.79 Å². The second-order valence-electron chi connectivity index (χ2n) is 8.01. The number of carbonyl (C=O) groups is 1. The van der Waals surface area contributed by atoms with E-state index in [0.29, 0.717) is 0 Å². The molecule has 8 heteroatoms. The first-order valence-electron chi connectivity index (χ1n) is 10.9. The highest BCUT2D eigenvalue weighted by Crippen LogP contribution is 2.21. The fourth-order valence-electron chi connectivity index (χ4n) is 4.15. The standard InChI is InChI=1S/C22H32N6OS/c23-20(22(29)27-16-17-30-18-27)8-4-5-11-25-12-14-26(15-13-25)21-9-10-24-28(21)19-6-2-1-3-7-19/h1-3,6-7,9-10,20H,4-5,8,11-18,23H2. The van der Waals surface area contributed by atoms with Crippen LogP contribution in [0.4, 0.5) is 5.82 Å². The molecule has 3 heterocycles. The molecule has 1 aromatic heterocycles. The summed E-state index contributed by atoms with van der Waals surface area (Å²) in [6.45, 7) is 6.04. The number of hydrogen-bond donors (Lipinski definition) is 1. The van der Waals surface area contributed by atoms with E-state index in [1.807, 2.05) is 45.7 Å². The Kier molecular flexibility index (Phi) is 7.30. The molecule has 2 N–H and O–H groups in total. The number of benzene rings is 1. The van der Waals surface area contributed by atoms with Gasteiger partial charge >= 0.3 is 0 Å². The molecule has 162 valence electrons. The Labute approximate surface area is 183 Å². The predicted octanol–water partition coefficient (Wildman–Crippen LogP) is 2.02. The first-order chi connectivity index (χ1) is 14.7. The third-order valence-electron chi connectivity index (χ3n) is 5.94. The summed E-state index contributed by atoms with van der Waals surface area (Å²) in [7, 11) is 0. The summed E-state index contributed by atoms with van der Waals surface area (Å²) >= 11 is 1.81. The minimum absolute atomic E-state index is 0.128. The molecular formula is C22H32N6OS. The van der Waals surface area contributed by atoms with Gasteiger partial charge in [0.05, 0.1) is 23.8 Å². The molecule has 2 aliphatic rings. The summed E-state index contributed by atoms with van der Waals surface area (Å²) in [6.07, 6.45) is 4.77. The Hall–Kier alpha value is -2.03. The van der Waals surface area contributed by atoms with E-state index in [2.05, 4.69) is 33.1 Å². The SMILES string of the molecule is NC(CCCCN1CCN(c2ccnn2-c2ccccc2)CC1)C(=O)N1CCSC1. The first kappa shape index (κ1) is 21.2. The van der Waals surface area contributed by atoms with Gasteiger partial charge in [0.1, 0.15) is 5.82 Å². The minimum Gasteiger partial charge on any atom is -0.354 e. The highest BCUT2D eigenvalue weighted by Gasteiger charge is 2.24. The highest BCUT2D eigenvalue weighted by atomic mass is 32.2. The fraction of sp³-hybridized carbons (Fsp3) is 0.545. The fourth-order valence-corrected chi connectivity index (χ4v) is 5.11. The number of para-hydroxylation sites is 1. The predicted molar refractivity (Wildman–Crippen MR) is 123 cm³/mol. The molecule has 2 aliphatic heterocycles. The molecular weight excluding hydrogens is 396 g/mol. The zero-order valence-electron chi connectivity index (χ0n) is 17.5. The highest BCUT2D eigenvalue weighted by molar-refractivity contribution is 7.99. The first-order valence-corrected chi connectivity index (χ1v) is 12.1. The lowest BCUT2D eigenvalue weighted by Gasteiger charge is -2.36. The van der Waals surface area contributed by atoms with Crippen LogP contribution in [0.2, 0.25) is 0 Å². The molecule has 2 aromatic rings. The van der Waals surface area contributed by atoms with E-state index in [4.69, 9.17) is 5.73 Å². The third-order valence-corrected chi connectivity index (χ3v) is 6.91. The molecule has 0 bridgehead atoms. The smallest absolute Gasteiger partial charge is 0.240 e. The summed E-state index contributed by atoms with van der Waals surface area (Å²) in [5, 5.41) is 4.52. The molecule has 4 rings (SSSR count). The molecule has 0 spiro atoms. The molecule has 1 unspecified atom stereocenters. The lowest BCUT2D eigenvalue weighted by molar-refractivity contribution is -0.131. The van der Waals surface area contributed by atoms with Gasteiger partial charge in [-0.25, -0.2) is 4.68 Å². The maximum Gasteiger partial charge on any atom is 0.240 e. The van der Waals surface area contributed by atoms with E-state index in [-0.39, 0.29) is 11.9 Å². The zero-order chi connectivity index (χ0) is 20.8. The lowest BCUT2D eigenvalue weighted by Crippen LogP contribution is -2.47.